The SMILES string of the molecule is COc1cccc(CN2CC3C(C2)n2cccc2C(=O)N3Cc2ccccc2)c1. The van der Waals surface area contributed by atoms with Crippen molar-refractivity contribution in [2.24, 2.45) is 0 Å². The van der Waals surface area contributed by atoms with Crippen LogP contribution in [0.25, 0.3) is 0 Å². The van der Waals surface area contributed by atoms with Crippen LogP contribution in [0.1, 0.15) is 27.7 Å². The minimum atomic E-state index is 0.128. The zero-order valence-electron chi connectivity index (χ0n) is 16.6. The summed E-state index contributed by atoms with van der Waals surface area (Å²) in [6.07, 6.45) is 2.06. The number of benzene rings is 2. The van der Waals surface area contributed by atoms with Crippen LogP contribution in [0.3, 0.4) is 0 Å². The monoisotopic (exact) mass is 387 g/mol. The molecule has 0 aliphatic carbocycles. The summed E-state index contributed by atoms with van der Waals surface area (Å²) in [4.78, 5) is 17.8. The van der Waals surface area contributed by atoms with Gasteiger partial charge in [0.05, 0.1) is 19.2 Å². The summed E-state index contributed by atoms with van der Waals surface area (Å²) in [5.74, 6) is 1.01. The Labute approximate surface area is 171 Å². The van der Waals surface area contributed by atoms with Gasteiger partial charge in [-0.1, -0.05) is 42.5 Å². The summed E-state index contributed by atoms with van der Waals surface area (Å²) in [5.41, 5.74) is 3.20. The molecule has 3 aromatic rings. The molecule has 1 fully saturated rings. The van der Waals surface area contributed by atoms with Crippen LogP contribution in [0.15, 0.2) is 72.9 Å². The molecule has 2 aliphatic rings. The van der Waals surface area contributed by atoms with Crippen LogP contribution in [-0.4, -0.2) is 46.5 Å². The normalized spacial score (nSPS) is 21.1. The molecule has 1 amide bonds. The molecule has 2 atom stereocenters. The number of hydrogen-bond acceptors (Lipinski definition) is 3. The second kappa shape index (κ2) is 7.41. The number of carbonyl (C=O) groups is 1. The van der Waals surface area contributed by atoms with Gasteiger partial charge < -0.3 is 14.2 Å². The van der Waals surface area contributed by atoms with Crippen molar-refractivity contribution in [1.82, 2.24) is 14.4 Å². The van der Waals surface area contributed by atoms with Crippen molar-refractivity contribution in [3.8, 4) is 5.75 Å². The first-order valence-corrected chi connectivity index (χ1v) is 10.1. The lowest BCUT2D eigenvalue weighted by Crippen LogP contribution is -2.49. The van der Waals surface area contributed by atoms with E-state index in [0.717, 1.165) is 31.1 Å². The van der Waals surface area contributed by atoms with E-state index in [1.807, 2.05) is 42.5 Å². The van der Waals surface area contributed by atoms with E-state index >= 15 is 0 Å². The van der Waals surface area contributed by atoms with E-state index in [0.29, 0.717) is 6.54 Å². The van der Waals surface area contributed by atoms with Gasteiger partial charge in [0.25, 0.3) is 5.91 Å². The van der Waals surface area contributed by atoms with Crippen LogP contribution in [-0.2, 0) is 13.1 Å². The number of nitrogens with zero attached hydrogens (tertiary/aromatic N) is 3. The Hall–Kier alpha value is -3.05. The van der Waals surface area contributed by atoms with Crippen molar-refractivity contribution in [2.75, 3.05) is 20.2 Å². The van der Waals surface area contributed by atoms with E-state index in [4.69, 9.17) is 4.74 Å². The summed E-state index contributed by atoms with van der Waals surface area (Å²) in [7, 11) is 1.70. The van der Waals surface area contributed by atoms with Gasteiger partial charge in [-0.15, -0.1) is 0 Å². The molecule has 0 N–H and O–H groups in total. The minimum Gasteiger partial charge on any atom is -0.497 e. The summed E-state index contributed by atoms with van der Waals surface area (Å²) < 4.78 is 7.55. The van der Waals surface area contributed by atoms with Crippen molar-refractivity contribution in [1.29, 1.82) is 0 Å². The van der Waals surface area contributed by atoms with Gasteiger partial charge in [-0.05, 0) is 35.4 Å². The van der Waals surface area contributed by atoms with E-state index in [2.05, 4.69) is 44.8 Å². The van der Waals surface area contributed by atoms with E-state index in [1.165, 1.54) is 11.1 Å². The molecule has 29 heavy (non-hydrogen) atoms. The molecule has 2 unspecified atom stereocenters. The molecule has 5 heteroatoms. The number of rotatable bonds is 5. The van der Waals surface area contributed by atoms with Gasteiger partial charge in [-0.2, -0.15) is 0 Å². The lowest BCUT2D eigenvalue weighted by atomic mass is 10.0. The molecule has 3 heterocycles. The van der Waals surface area contributed by atoms with E-state index in [9.17, 15) is 4.79 Å². The molecule has 1 saturated heterocycles. The van der Waals surface area contributed by atoms with Crippen LogP contribution < -0.4 is 4.74 Å². The third-order valence-electron chi connectivity index (χ3n) is 6.09. The molecular formula is C24H25N3O2. The van der Waals surface area contributed by atoms with Gasteiger partial charge in [-0.25, -0.2) is 0 Å². The largest absolute Gasteiger partial charge is 0.497 e. The Bertz CT molecular complexity index is 1010. The van der Waals surface area contributed by atoms with Gasteiger partial charge in [0.2, 0.25) is 0 Å². The molecule has 0 bridgehead atoms. The summed E-state index contributed by atoms with van der Waals surface area (Å²) in [6.45, 7) is 3.31. The van der Waals surface area contributed by atoms with Crippen LogP contribution in [0.2, 0.25) is 0 Å². The van der Waals surface area contributed by atoms with Crippen LogP contribution in [0, 0.1) is 0 Å². The fraction of sp³-hybridized carbons (Fsp3) is 0.292. The Morgan fingerprint density at radius 1 is 0.897 bits per heavy atom. The predicted molar refractivity (Wildman–Crippen MR) is 112 cm³/mol. The highest BCUT2D eigenvalue weighted by molar-refractivity contribution is 5.94. The third kappa shape index (κ3) is 3.32. The molecular weight excluding hydrogens is 362 g/mol. The van der Waals surface area contributed by atoms with Crippen LogP contribution >= 0.6 is 0 Å². The molecule has 5 nitrogen and oxygen atoms in total. The topological polar surface area (TPSA) is 37.7 Å². The first kappa shape index (κ1) is 18.0. The van der Waals surface area contributed by atoms with E-state index < -0.39 is 0 Å². The molecule has 0 radical (unpaired) electrons. The van der Waals surface area contributed by atoms with Crippen molar-refractivity contribution < 1.29 is 9.53 Å². The first-order chi connectivity index (χ1) is 14.2. The number of carbonyl (C=O) groups excluding carboxylic acids is 1. The smallest absolute Gasteiger partial charge is 0.271 e. The average molecular weight is 387 g/mol. The fourth-order valence-electron chi connectivity index (χ4n) is 4.72. The van der Waals surface area contributed by atoms with Crippen LogP contribution in [0.4, 0.5) is 0 Å². The lowest BCUT2D eigenvalue weighted by molar-refractivity contribution is 0.0556. The maximum Gasteiger partial charge on any atom is 0.271 e. The Kier molecular flexibility index (Phi) is 4.60. The third-order valence-corrected chi connectivity index (χ3v) is 6.09. The van der Waals surface area contributed by atoms with Gasteiger partial charge in [0.1, 0.15) is 11.4 Å². The molecule has 148 valence electrons. The Balaban J connectivity index is 1.41. The summed E-state index contributed by atoms with van der Waals surface area (Å²) in [5, 5.41) is 0. The van der Waals surface area contributed by atoms with Gasteiger partial charge in [0.15, 0.2) is 0 Å². The number of ether oxygens (including phenoxy) is 1. The molecule has 2 aliphatic heterocycles. The van der Waals surface area contributed by atoms with Crippen molar-refractivity contribution in [2.45, 2.75) is 25.2 Å². The highest BCUT2D eigenvalue weighted by atomic mass is 16.5. The van der Waals surface area contributed by atoms with Gasteiger partial charge >= 0.3 is 0 Å². The molecule has 5 rings (SSSR count). The van der Waals surface area contributed by atoms with Crippen LogP contribution in [0.5, 0.6) is 5.75 Å². The summed E-state index contributed by atoms with van der Waals surface area (Å²) in [6, 6.07) is 22.9. The lowest BCUT2D eigenvalue weighted by Gasteiger charge is -2.38. The first-order valence-electron chi connectivity index (χ1n) is 10.1. The zero-order valence-corrected chi connectivity index (χ0v) is 16.6. The number of likely N-dealkylation sites (tertiary alicyclic amines) is 1. The number of methoxy groups -OCH3 is 1. The van der Waals surface area contributed by atoms with Gasteiger partial charge in [0, 0.05) is 32.4 Å². The second-order valence-electron chi connectivity index (χ2n) is 7.90. The Morgan fingerprint density at radius 3 is 2.52 bits per heavy atom. The highest BCUT2D eigenvalue weighted by Gasteiger charge is 2.44. The highest BCUT2D eigenvalue weighted by Crippen LogP contribution is 2.35. The van der Waals surface area contributed by atoms with Gasteiger partial charge in [-0.3, -0.25) is 9.69 Å². The maximum absolute atomic E-state index is 13.2. The molecule has 0 spiro atoms. The molecule has 2 aromatic carbocycles. The van der Waals surface area contributed by atoms with Crippen molar-refractivity contribution in [3.63, 3.8) is 0 Å². The standard InChI is InChI=1S/C24H25N3O2/c1-29-20-10-5-9-19(13-20)14-25-16-22-23(17-25)27(15-18-7-3-2-4-8-18)24(28)21-11-6-12-26(21)22/h2-13,22-23H,14-17H2,1H3. The quantitative estimate of drug-likeness (QED) is 0.672. The zero-order chi connectivity index (χ0) is 19.8. The average Bonchev–Trinajstić information content (AvgIpc) is 3.39. The summed E-state index contributed by atoms with van der Waals surface area (Å²) >= 11 is 0. The Morgan fingerprint density at radius 2 is 1.69 bits per heavy atom. The minimum absolute atomic E-state index is 0.128. The van der Waals surface area contributed by atoms with Crippen molar-refractivity contribution >= 4 is 5.91 Å². The molecule has 0 saturated carbocycles. The fourth-order valence-corrected chi connectivity index (χ4v) is 4.72. The number of fused-ring (bicyclic) bond motifs is 3. The van der Waals surface area contributed by atoms with Crippen molar-refractivity contribution in [3.05, 3.63) is 89.7 Å². The second-order valence-corrected chi connectivity index (χ2v) is 7.90. The van der Waals surface area contributed by atoms with E-state index in [1.54, 1.807) is 7.11 Å². The number of aromatic nitrogens is 1. The number of hydrogen-bond donors (Lipinski definition) is 0. The molecule has 1 aromatic heterocycles. The predicted octanol–water partition coefficient (Wildman–Crippen LogP) is 3.58. The van der Waals surface area contributed by atoms with E-state index in [-0.39, 0.29) is 18.0 Å². The number of amides is 1. The maximum atomic E-state index is 13.2.